The summed E-state index contributed by atoms with van der Waals surface area (Å²) in [5.41, 5.74) is 1.19. The van der Waals surface area contributed by atoms with E-state index in [1.807, 2.05) is 35.6 Å². The summed E-state index contributed by atoms with van der Waals surface area (Å²) in [6, 6.07) is 1.99. The van der Waals surface area contributed by atoms with Crippen molar-refractivity contribution in [1.29, 1.82) is 0 Å². The Morgan fingerprint density at radius 3 is 3.06 bits per heavy atom. The number of aryl methyl sites for hydroxylation is 1. The number of hydrogen-bond acceptors (Lipinski definition) is 4. The van der Waals surface area contributed by atoms with Crippen LogP contribution in [0.1, 0.15) is 10.4 Å². The maximum absolute atomic E-state index is 5.25. The van der Waals surface area contributed by atoms with E-state index in [0.717, 1.165) is 18.8 Å². The first-order chi connectivity index (χ1) is 7.79. The van der Waals surface area contributed by atoms with Gasteiger partial charge in [0.25, 0.3) is 0 Å². The van der Waals surface area contributed by atoms with Gasteiger partial charge in [0.05, 0.1) is 18.2 Å². The number of thiophene rings is 1. The van der Waals surface area contributed by atoms with Crippen molar-refractivity contribution in [2.24, 2.45) is 7.05 Å². The second-order valence-electron chi connectivity index (χ2n) is 3.54. The summed E-state index contributed by atoms with van der Waals surface area (Å²) in [6.07, 6.45) is 3.89. The van der Waals surface area contributed by atoms with Crippen LogP contribution >= 0.6 is 11.3 Å². The molecule has 2 aromatic heterocycles. The predicted octanol–water partition coefficient (Wildman–Crippen LogP) is 1.78. The molecule has 0 aliphatic rings. The van der Waals surface area contributed by atoms with Crippen LogP contribution in [-0.4, -0.2) is 16.9 Å². The molecular formula is C11H15N3OS. The molecule has 1 N–H and O–H groups in total. The van der Waals surface area contributed by atoms with E-state index in [4.69, 9.17) is 4.74 Å². The number of nitrogens with zero attached hydrogens (tertiary/aromatic N) is 2. The first-order valence-electron chi connectivity index (χ1n) is 5.08. The van der Waals surface area contributed by atoms with Gasteiger partial charge in [-0.15, -0.1) is 11.3 Å². The van der Waals surface area contributed by atoms with Crippen LogP contribution in [0.15, 0.2) is 23.8 Å². The van der Waals surface area contributed by atoms with Crippen LogP contribution < -0.4 is 10.1 Å². The smallest absolute Gasteiger partial charge is 0.134 e. The molecule has 0 amide bonds. The summed E-state index contributed by atoms with van der Waals surface area (Å²) < 4.78 is 7.05. The van der Waals surface area contributed by atoms with Crippen molar-refractivity contribution < 1.29 is 4.74 Å². The van der Waals surface area contributed by atoms with E-state index in [-0.39, 0.29) is 0 Å². The van der Waals surface area contributed by atoms with Crippen LogP contribution in [0.4, 0.5) is 0 Å². The number of ether oxygens (including phenoxy) is 1. The summed E-state index contributed by atoms with van der Waals surface area (Å²) >= 11 is 1.71. The van der Waals surface area contributed by atoms with Gasteiger partial charge in [-0.05, 0) is 11.4 Å². The second kappa shape index (κ2) is 5.14. The van der Waals surface area contributed by atoms with Crippen molar-refractivity contribution in [3.8, 4) is 5.75 Å². The molecule has 0 radical (unpaired) electrons. The van der Waals surface area contributed by atoms with E-state index >= 15 is 0 Å². The lowest BCUT2D eigenvalue weighted by Gasteiger charge is -2.03. The number of rotatable bonds is 5. The third-order valence-electron chi connectivity index (χ3n) is 2.30. The van der Waals surface area contributed by atoms with Crippen LogP contribution in [0.2, 0.25) is 0 Å². The average molecular weight is 237 g/mol. The van der Waals surface area contributed by atoms with Gasteiger partial charge in [-0.2, -0.15) is 5.10 Å². The fraction of sp³-hybridized carbons (Fsp3) is 0.364. The summed E-state index contributed by atoms with van der Waals surface area (Å²) in [7, 11) is 3.62. The second-order valence-corrected chi connectivity index (χ2v) is 4.54. The molecule has 0 saturated heterocycles. The van der Waals surface area contributed by atoms with E-state index < -0.39 is 0 Å². The summed E-state index contributed by atoms with van der Waals surface area (Å²) in [6.45, 7) is 1.66. The van der Waals surface area contributed by atoms with Gasteiger partial charge >= 0.3 is 0 Å². The fourth-order valence-corrected chi connectivity index (χ4v) is 2.33. The monoisotopic (exact) mass is 237 g/mol. The number of aromatic nitrogens is 2. The van der Waals surface area contributed by atoms with Gasteiger partial charge in [-0.1, -0.05) is 0 Å². The Bertz CT molecular complexity index is 450. The van der Waals surface area contributed by atoms with Gasteiger partial charge in [0, 0.05) is 31.9 Å². The SMILES string of the molecule is COc1ccsc1CNCc1cnn(C)c1. The highest BCUT2D eigenvalue weighted by atomic mass is 32.1. The molecule has 0 fully saturated rings. The molecule has 2 aromatic rings. The van der Waals surface area contributed by atoms with Gasteiger partial charge in [0.15, 0.2) is 0 Å². The zero-order valence-corrected chi connectivity index (χ0v) is 10.3. The zero-order valence-electron chi connectivity index (χ0n) is 9.43. The molecule has 0 spiro atoms. The Hall–Kier alpha value is -1.33. The molecule has 5 heteroatoms. The van der Waals surface area contributed by atoms with Crippen LogP contribution in [-0.2, 0) is 20.1 Å². The molecule has 2 heterocycles. The van der Waals surface area contributed by atoms with Crippen LogP contribution in [0.5, 0.6) is 5.75 Å². The normalized spacial score (nSPS) is 10.6. The van der Waals surface area contributed by atoms with Gasteiger partial charge in [-0.25, -0.2) is 0 Å². The van der Waals surface area contributed by atoms with Crippen molar-refractivity contribution in [2.75, 3.05) is 7.11 Å². The van der Waals surface area contributed by atoms with Crippen LogP contribution in [0.3, 0.4) is 0 Å². The first-order valence-corrected chi connectivity index (χ1v) is 5.96. The third kappa shape index (κ3) is 2.62. The molecule has 0 aliphatic carbocycles. The molecule has 0 bridgehead atoms. The lowest BCUT2D eigenvalue weighted by atomic mass is 10.3. The Kier molecular flexibility index (Phi) is 3.58. The highest BCUT2D eigenvalue weighted by Gasteiger charge is 2.03. The average Bonchev–Trinajstić information content (AvgIpc) is 2.87. The number of methoxy groups -OCH3 is 1. The molecule has 16 heavy (non-hydrogen) atoms. The molecule has 4 nitrogen and oxygen atoms in total. The highest BCUT2D eigenvalue weighted by molar-refractivity contribution is 7.10. The quantitative estimate of drug-likeness (QED) is 0.861. The maximum atomic E-state index is 5.25. The predicted molar refractivity (Wildman–Crippen MR) is 64.6 cm³/mol. The van der Waals surface area contributed by atoms with E-state index in [1.54, 1.807) is 18.4 Å². The standard InChI is InChI=1S/C11H15N3OS/c1-14-8-9(6-13-14)5-12-7-11-10(15-2)3-4-16-11/h3-4,6,8,12H,5,7H2,1-2H3. The van der Waals surface area contributed by atoms with Gasteiger partial charge in [-0.3, -0.25) is 4.68 Å². The number of hydrogen-bond donors (Lipinski definition) is 1. The molecule has 0 atom stereocenters. The molecule has 0 aliphatic heterocycles. The minimum Gasteiger partial charge on any atom is -0.496 e. The highest BCUT2D eigenvalue weighted by Crippen LogP contribution is 2.23. The Balaban J connectivity index is 1.84. The lowest BCUT2D eigenvalue weighted by molar-refractivity contribution is 0.410. The summed E-state index contributed by atoms with van der Waals surface area (Å²) in [5, 5.41) is 9.53. The maximum Gasteiger partial charge on any atom is 0.134 e. The van der Waals surface area contributed by atoms with Crippen LogP contribution in [0, 0.1) is 0 Å². The van der Waals surface area contributed by atoms with Crippen molar-refractivity contribution in [3.63, 3.8) is 0 Å². The van der Waals surface area contributed by atoms with E-state index in [0.29, 0.717) is 0 Å². The number of nitrogens with one attached hydrogen (secondary N) is 1. The van der Waals surface area contributed by atoms with Crippen molar-refractivity contribution >= 4 is 11.3 Å². The van der Waals surface area contributed by atoms with Gasteiger partial charge in [0.1, 0.15) is 5.75 Å². The third-order valence-corrected chi connectivity index (χ3v) is 3.20. The minimum absolute atomic E-state index is 0.828. The van der Waals surface area contributed by atoms with Crippen molar-refractivity contribution in [2.45, 2.75) is 13.1 Å². The molecule has 86 valence electrons. The zero-order chi connectivity index (χ0) is 11.4. The summed E-state index contributed by atoms with van der Waals surface area (Å²) in [4.78, 5) is 1.23. The molecule has 2 rings (SSSR count). The Morgan fingerprint density at radius 1 is 1.50 bits per heavy atom. The van der Waals surface area contributed by atoms with Crippen molar-refractivity contribution in [3.05, 3.63) is 34.3 Å². The lowest BCUT2D eigenvalue weighted by Crippen LogP contribution is -2.11. The van der Waals surface area contributed by atoms with E-state index in [9.17, 15) is 0 Å². The van der Waals surface area contributed by atoms with E-state index in [1.165, 1.54) is 10.4 Å². The Morgan fingerprint density at radius 2 is 2.38 bits per heavy atom. The van der Waals surface area contributed by atoms with Gasteiger partial charge < -0.3 is 10.1 Å². The Labute approximate surface area is 98.9 Å². The summed E-state index contributed by atoms with van der Waals surface area (Å²) in [5.74, 6) is 0.962. The van der Waals surface area contributed by atoms with Crippen molar-refractivity contribution in [1.82, 2.24) is 15.1 Å². The van der Waals surface area contributed by atoms with Crippen LogP contribution in [0.25, 0.3) is 0 Å². The molecule has 0 saturated carbocycles. The van der Waals surface area contributed by atoms with E-state index in [2.05, 4.69) is 10.4 Å². The minimum atomic E-state index is 0.828. The molecule has 0 aromatic carbocycles. The molecular weight excluding hydrogens is 222 g/mol. The largest absolute Gasteiger partial charge is 0.496 e. The molecule has 0 unspecified atom stereocenters. The topological polar surface area (TPSA) is 39.1 Å². The first kappa shape index (κ1) is 11.2. The van der Waals surface area contributed by atoms with Gasteiger partial charge in [0.2, 0.25) is 0 Å². The fourth-order valence-electron chi connectivity index (χ4n) is 1.52.